The number of sulfonamides is 1. The van der Waals surface area contributed by atoms with Gasteiger partial charge >= 0.3 is 0 Å². The number of nitrogens with zero attached hydrogens (tertiary/aromatic N) is 2. The number of amides is 2. The lowest BCUT2D eigenvalue weighted by molar-refractivity contribution is -0.139. The third-order valence-corrected chi connectivity index (χ3v) is 6.70. The Hall–Kier alpha value is -2.29. The Balaban J connectivity index is 2.40. The van der Waals surface area contributed by atoms with Gasteiger partial charge in [0.05, 0.1) is 22.0 Å². The average Bonchev–Trinajstić information content (AvgIpc) is 2.71. The molecule has 0 aliphatic rings. The number of likely N-dealkylation sites (N-methyl/N-ethyl adjacent to an activating group) is 1. The molecule has 0 radical (unpaired) electrons. The fourth-order valence-electron chi connectivity index (χ4n) is 3.14. The number of rotatable bonds is 9. The highest BCUT2D eigenvalue weighted by atomic mass is 35.5. The molecule has 0 saturated heterocycles. The maximum absolute atomic E-state index is 13.3. The molecule has 0 aliphatic carbocycles. The maximum atomic E-state index is 13.3. The fraction of sp³-hybridized carbons (Fsp3) is 0.364. The minimum absolute atomic E-state index is 0.0550. The van der Waals surface area contributed by atoms with Gasteiger partial charge in [-0.05, 0) is 56.2 Å². The number of hydrogen-bond acceptors (Lipinski definition) is 4. The van der Waals surface area contributed by atoms with E-state index in [1.165, 1.54) is 4.90 Å². The van der Waals surface area contributed by atoms with Gasteiger partial charge in [0.15, 0.2) is 0 Å². The van der Waals surface area contributed by atoms with Crippen LogP contribution in [0.25, 0.3) is 0 Å². The normalized spacial score (nSPS) is 12.2. The molecule has 0 heterocycles. The highest BCUT2D eigenvalue weighted by Crippen LogP contribution is 2.24. The van der Waals surface area contributed by atoms with Crippen molar-refractivity contribution in [1.29, 1.82) is 0 Å². The molecule has 0 aromatic heterocycles. The average molecular weight is 500 g/mol. The summed E-state index contributed by atoms with van der Waals surface area (Å²) >= 11 is 12.1. The Bertz CT molecular complexity index is 1090. The van der Waals surface area contributed by atoms with Gasteiger partial charge in [-0.3, -0.25) is 13.9 Å². The van der Waals surface area contributed by atoms with Crippen LogP contribution in [0.4, 0.5) is 5.69 Å². The summed E-state index contributed by atoms with van der Waals surface area (Å²) in [6, 6.07) is 10.9. The van der Waals surface area contributed by atoms with Crippen molar-refractivity contribution in [3.05, 3.63) is 63.6 Å². The lowest BCUT2D eigenvalue weighted by Gasteiger charge is -2.31. The summed E-state index contributed by atoms with van der Waals surface area (Å²) in [6.07, 6.45) is 1.04. The number of anilines is 1. The monoisotopic (exact) mass is 499 g/mol. The molecule has 7 nitrogen and oxygen atoms in total. The third-order valence-electron chi connectivity index (χ3n) is 4.82. The molecule has 1 N–H and O–H groups in total. The summed E-state index contributed by atoms with van der Waals surface area (Å²) in [7, 11) is -3.76. The predicted molar refractivity (Wildman–Crippen MR) is 129 cm³/mol. The van der Waals surface area contributed by atoms with Crippen molar-refractivity contribution in [3.8, 4) is 0 Å². The Morgan fingerprint density at radius 3 is 2.34 bits per heavy atom. The van der Waals surface area contributed by atoms with E-state index in [2.05, 4.69) is 5.32 Å². The van der Waals surface area contributed by atoms with E-state index in [0.717, 1.165) is 16.1 Å². The molecule has 2 aromatic rings. The van der Waals surface area contributed by atoms with E-state index in [9.17, 15) is 18.0 Å². The SMILES string of the molecule is CCNC(=O)[C@H](C)N(Cc1ccc(Cl)c(Cl)c1)C(=O)CN(c1cccc(C)c1)S(C)(=O)=O. The highest BCUT2D eigenvalue weighted by molar-refractivity contribution is 7.92. The quantitative estimate of drug-likeness (QED) is 0.570. The minimum Gasteiger partial charge on any atom is -0.355 e. The summed E-state index contributed by atoms with van der Waals surface area (Å²) in [5.74, 6) is -0.871. The molecule has 1 atom stereocenters. The van der Waals surface area contributed by atoms with E-state index >= 15 is 0 Å². The van der Waals surface area contributed by atoms with E-state index in [-0.39, 0.29) is 12.5 Å². The molecule has 2 amide bonds. The first kappa shape index (κ1) is 26.0. The second-order valence-electron chi connectivity index (χ2n) is 7.45. The number of benzene rings is 2. The van der Waals surface area contributed by atoms with Crippen LogP contribution in [0.15, 0.2) is 42.5 Å². The van der Waals surface area contributed by atoms with Gasteiger partial charge < -0.3 is 10.2 Å². The summed E-state index contributed by atoms with van der Waals surface area (Å²) in [5.41, 5.74) is 1.89. The van der Waals surface area contributed by atoms with Crippen molar-refractivity contribution in [3.63, 3.8) is 0 Å². The van der Waals surface area contributed by atoms with Gasteiger partial charge in [0.25, 0.3) is 0 Å². The van der Waals surface area contributed by atoms with Crippen LogP contribution >= 0.6 is 23.2 Å². The van der Waals surface area contributed by atoms with Crippen LogP contribution in [0.1, 0.15) is 25.0 Å². The van der Waals surface area contributed by atoms with Crippen molar-refractivity contribution in [2.24, 2.45) is 0 Å². The number of hydrogen-bond donors (Lipinski definition) is 1. The van der Waals surface area contributed by atoms with Gasteiger partial charge in [-0.25, -0.2) is 8.42 Å². The topological polar surface area (TPSA) is 86.8 Å². The van der Waals surface area contributed by atoms with E-state index in [1.54, 1.807) is 50.2 Å². The Morgan fingerprint density at radius 2 is 1.78 bits per heavy atom. The van der Waals surface area contributed by atoms with Gasteiger partial charge in [0.2, 0.25) is 21.8 Å². The minimum atomic E-state index is -3.76. The van der Waals surface area contributed by atoms with E-state index < -0.39 is 28.5 Å². The first-order valence-corrected chi connectivity index (χ1v) is 12.6. The zero-order valence-corrected chi connectivity index (χ0v) is 20.8. The van der Waals surface area contributed by atoms with Crippen molar-refractivity contribution in [1.82, 2.24) is 10.2 Å². The molecule has 0 fully saturated rings. The van der Waals surface area contributed by atoms with Crippen LogP contribution in [-0.2, 0) is 26.2 Å². The molecule has 0 aliphatic heterocycles. The standard InChI is InChI=1S/C22H27Cl2N3O4S/c1-5-25-22(29)16(3)26(13-17-9-10-19(23)20(24)12-17)21(28)14-27(32(4,30)31)18-8-6-7-15(2)11-18/h6-12,16H,5,13-14H2,1-4H3,(H,25,29)/t16-/m0/s1. The van der Waals surface area contributed by atoms with E-state index in [0.29, 0.717) is 27.8 Å². The zero-order valence-electron chi connectivity index (χ0n) is 18.4. The molecule has 174 valence electrons. The predicted octanol–water partition coefficient (Wildman–Crippen LogP) is 3.62. The summed E-state index contributed by atoms with van der Waals surface area (Å²) in [5, 5.41) is 3.39. The van der Waals surface area contributed by atoms with E-state index in [1.807, 2.05) is 13.0 Å². The number of nitrogens with one attached hydrogen (secondary N) is 1. The van der Waals surface area contributed by atoms with Crippen molar-refractivity contribution in [2.75, 3.05) is 23.7 Å². The van der Waals surface area contributed by atoms with Crippen LogP contribution in [-0.4, -0.2) is 50.5 Å². The molecule has 0 saturated carbocycles. The van der Waals surface area contributed by atoms with Crippen LogP contribution in [0.5, 0.6) is 0 Å². The third kappa shape index (κ3) is 6.85. The maximum Gasteiger partial charge on any atom is 0.244 e. The Kier molecular flexibility index (Phi) is 8.95. The van der Waals surface area contributed by atoms with E-state index in [4.69, 9.17) is 23.2 Å². The van der Waals surface area contributed by atoms with Crippen LogP contribution in [0.3, 0.4) is 0 Å². The van der Waals surface area contributed by atoms with Gasteiger partial charge in [-0.15, -0.1) is 0 Å². The van der Waals surface area contributed by atoms with Gasteiger partial charge in [0.1, 0.15) is 12.6 Å². The smallest absolute Gasteiger partial charge is 0.244 e. The first-order chi connectivity index (χ1) is 14.9. The summed E-state index contributed by atoms with van der Waals surface area (Å²) in [4.78, 5) is 27.2. The molecule has 0 unspecified atom stereocenters. The second-order valence-corrected chi connectivity index (χ2v) is 10.2. The van der Waals surface area contributed by atoms with Crippen LogP contribution in [0, 0.1) is 6.92 Å². The summed E-state index contributed by atoms with van der Waals surface area (Å²) < 4.78 is 26.0. The number of carbonyl (C=O) groups excluding carboxylic acids is 2. The van der Waals surface area contributed by atoms with Crippen molar-refractivity contribution < 1.29 is 18.0 Å². The van der Waals surface area contributed by atoms with Gasteiger partial charge in [-0.1, -0.05) is 41.4 Å². The molecule has 0 bridgehead atoms. The van der Waals surface area contributed by atoms with Crippen LogP contribution < -0.4 is 9.62 Å². The Labute approximate surface area is 199 Å². The summed E-state index contributed by atoms with van der Waals surface area (Å²) in [6.45, 7) is 5.21. The molecular weight excluding hydrogens is 473 g/mol. The number of aryl methyl sites for hydroxylation is 1. The molecule has 32 heavy (non-hydrogen) atoms. The van der Waals surface area contributed by atoms with Crippen LogP contribution in [0.2, 0.25) is 10.0 Å². The highest BCUT2D eigenvalue weighted by Gasteiger charge is 2.30. The molecule has 0 spiro atoms. The molecular formula is C22H27Cl2N3O4S. The lowest BCUT2D eigenvalue weighted by Crippen LogP contribution is -2.51. The Morgan fingerprint density at radius 1 is 1.09 bits per heavy atom. The number of halogens is 2. The fourth-order valence-corrected chi connectivity index (χ4v) is 4.30. The molecule has 10 heteroatoms. The molecule has 2 aromatic carbocycles. The zero-order chi connectivity index (χ0) is 24.1. The lowest BCUT2D eigenvalue weighted by atomic mass is 10.1. The van der Waals surface area contributed by atoms with Gasteiger partial charge in [-0.2, -0.15) is 0 Å². The number of carbonyl (C=O) groups is 2. The second kappa shape index (κ2) is 11.0. The van der Waals surface area contributed by atoms with Gasteiger partial charge in [0, 0.05) is 13.1 Å². The molecule has 2 rings (SSSR count). The largest absolute Gasteiger partial charge is 0.355 e. The van der Waals surface area contributed by atoms with Crippen molar-refractivity contribution in [2.45, 2.75) is 33.4 Å². The van der Waals surface area contributed by atoms with Crippen molar-refractivity contribution >= 4 is 50.7 Å². The first-order valence-electron chi connectivity index (χ1n) is 9.99.